The molecule has 33 heavy (non-hydrogen) atoms. The highest BCUT2D eigenvalue weighted by Gasteiger charge is 2.32. The molecule has 0 bridgehead atoms. The average molecular weight is 457 g/mol. The minimum Gasteiger partial charge on any atom is -0.398 e. The zero-order valence-corrected chi connectivity index (χ0v) is 20.5. The van der Waals surface area contributed by atoms with Crippen LogP contribution in [0.5, 0.6) is 0 Å². The minimum atomic E-state index is -0.150. The number of hydrogen-bond acceptors (Lipinski definition) is 8. The summed E-state index contributed by atoms with van der Waals surface area (Å²) in [5.41, 5.74) is 9.40. The van der Waals surface area contributed by atoms with Crippen molar-refractivity contribution in [3.8, 4) is 0 Å². The number of hydrogen-bond donors (Lipinski definition) is 3. The van der Waals surface area contributed by atoms with E-state index in [1.54, 1.807) is 13.4 Å². The Labute approximate surface area is 198 Å². The molecule has 2 aliphatic rings. The van der Waals surface area contributed by atoms with Gasteiger partial charge in [0.1, 0.15) is 0 Å². The Kier molecular flexibility index (Phi) is 9.41. The molecule has 0 aliphatic carbocycles. The number of benzene rings is 1. The quantitative estimate of drug-likeness (QED) is 0.301. The lowest BCUT2D eigenvalue weighted by Crippen LogP contribution is -2.52. The zero-order chi connectivity index (χ0) is 23.8. The molecule has 1 aromatic rings. The van der Waals surface area contributed by atoms with Crippen molar-refractivity contribution in [2.45, 2.75) is 63.8 Å². The van der Waals surface area contributed by atoms with Crippen LogP contribution in [0, 0.1) is 5.41 Å². The van der Waals surface area contributed by atoms with E-state index in [0.29, 0.717) is 24.6 Å². The van der Waals surface area contributed by atoms with Crippen LogP contribution in [-0.4, -0.2) is 87.4 Å². The standard InChI is InChI=1S/C25H40N6O2/c1-5-19(12-28-8-9-32-4)20-6-7-23(26)22(10-20)25(27)24-11-21(13-29-16-30-24)31-14-17(2)33-18(3)15-31/h6-7,10,12,16-19,21,24,27H,5,8-9,11,13-15,26H2,1-4H3,(H,29,30). The van der Waals surface area contributed by atoms with E-state index in [4.69, 9.17) is 20.6 Å². The maximum atomic E-state index is 9.04. The summed E-state index contributed by atoms with van der Waals surface area (Å²) < 4.78 is 11.0. The molecule has 1 fully saturated rings. The van der Waals surface area contributed by atoms with Crippen molar-refractivity contribution in [1.82, 2.24) is 10.2 Å². The number of ether oxygens (including phenoxy) is 2. The van der Waals surface area contributed by atoms with E-state index in [9.17, 15) is 0 Å². The van der Waals surface area contributed by atoms with Gasteiger partial charge in [-0.3, -0.25) is 14.9 Å². The number of anilines is 1. The van der Waals surface area contributed by atoms with E-state index in [1.807, 2.05) is 18.3 Å². The Balaban J connectivity index is 1.76. The van der Waals surface area contributed by atoms with Gasteiger partial charge in [0.05, 0.1) is 50.0 Å². The fourth-order valence-electron chi connectivity index (χ4n) is 4.71. The number of methoxy groups -OCH3 is 1. The third-order valence-electron chi connectivity index (χ3n) is 6.45. The molecular formula is C25H40N6O2. The molecule has 0 aromatic heterocycles. The highest BCUT2D eigenvalue weighted by Crippen LogP contribution is 2.25. The third-order valence-corrected chi connectivity index (χ3v) is 6.45. The van der Waals surface area contributed by atoms with E-state index >= 15 is 0 Å². The summed E-state index contributed by atoms with van der Waals surface area (Å²) in [6.07, 6.45) is 5.88. The Morgan fingerprint density at radius 3 is 2.85 bits per heavy atom. The van der Waals surface area contributed by atoms with Crippen LogP contribution in [0.1, 0.15) is 50.7 Å². The smallest absolute Gasteiger partial charge is 0.0829 e. The zero-order valence-electron chi connectivity index (χ0n) is 20.5. The van der Waals surface area contributed by atoms with Gasteiger partial charge in [0.25, 0.3) is 0 Å². The fourth-order valence-corrected chi connectivity index (χ4v) is 4.71. The maximum Gasteiger partial charge on any atom is 0.0829 e. The van der Waals surface area contributed by atoms with Crippen LogP contribution in [0.2, 0.25) is 0 Å². The molecule has 5 atom stereocenters. The molecule has 4 N–H and O–H groups in total. The summed E-state index contributed by atoms with van der Waals surface area (Å²) in [6, 6.07) is 6.13. The highest BCUT2D eigenvalue weighted by molar-refractivity contribution is 6.07. The van der Waals surface area contributed by atoms with E-state index < -0.39 is 0 Å². The number of aliphatic imine (C=N–C) groups is 2. The van der Waals surface area contributed by atoms with Crippen molar-refractivity contribution in [1.29, 1.82) is 5.41 Å². The number of morpholine rings is 1. The lowest BCUT2D eigenvalue weighted by Gasteiger charge is -2.40. The molecule has 1 aromatic carbocycles. The summed E-state index contributed by atoms with van der Waals surface area (Å²) in [4.78, 5) is 11.5. The lowest BCUT2D eigenvalue weighted by molar-refractivity contribution is -0.0800. The van der Waals surface area contributed by atoms with E-state index in [1.165, 1.54) is 0 Å². The van der Waals surface area contributed by atoms with Crippen molar-refractivity contribution < 1.29 is 9.47 Å². The predicted octanol–water partition coefficient (Wildman–Crippen LogP) is 2.72. The third kappa shape index (κ3) is 6.85. The molecule has 0 amide bonds. The van der Waals surface area contributed by atoms with Crippen molar-refractivity contribution in [2.75, 3.05) is 45.6 Å². The van der Waals surface area contributed by atoms with Crippen molar-refractivity contribution in [3.63, 3.8) is 0 Å². The van der Waals surface area contributed by atoms with Gasteiger partial charge in [-0.1, -0.05) is 13.0 Å². The molecule has 0 radical (unpaired) electrons. The summed E-state index contributed by atoms with van der Waals surface area (Å²) in [6.45, 7) is 10.2. The van der Waals surface area contributed by atoms with Gasteiger partial charge in [-0.15, -0.1) is 0 Å². The van der Waals surface area contributed by atoms with Crippen LogP contribution < -0.4 is 11.1 Å². The predicted molar refractivity (Wildman–Crippen MR) is 136 cm³/mol. The minimum absolute atomic E-state index is 0.150. The second kappa shape index (κ2) is 12.3. The number of nitrogens with zero attached hydrogens (tertiary/aromatic N) is 3. The number of nitrogen functional groups attached to an aromatic ring is 1. The normalized spacial score (nSPS) is 27.3. The molecule has 2 heterocycles. The van der Waals surface area contributed by atoms with E-state index in [-0.39, 0.29) is 30.2 Å². The Bertz CT molecular complexity index is 832. The molecule has 3 rings (SSSR count). The lowest BCUT2D eigenvalue weighted by atomic mass is 9.90. The van der Waals surface area contributed by atoms with Gasteiger partial charge >= 0.3 is 0 Å². The van der Waals surface area contributed by atoms with Gasteiger partial charge < -0.3 is 25.9 Å². The molecule has 8 heteroatoms. The Morgan fingerprint density at radius 2 is 2.15 bits per heavy atom. The van der Waals surface area contributed by atoms with Crippen molar-refractivity contribution in [2.24, 2.45) is 9.98 Å². The van der Waals surface area contributed by atoms with Crippen LogP contribution in [0.25, 0.3) is 0 Å². The maximum absolute atomic E-state index is 9.04. The summed E-state index contributed by atoms with van der Waals surface area (Å²) in [5, 5.41) is 12.4. The Morgan fingerprint density at radius 1 is 1.39 bits per heavy atom. The summed E-state index contributed by atoms with van der Waals surface area (Å²) >= 11 is 0. The van der Waals surface area contributed by atoms with Gasteiger partial charge in [0.15, 0.2) is 0 Å². The number of rotatable bonds is 9. The first-order valence-corrected chi connectivity index (χ1v) is 12.0. The van der Waals surface area contributed by atoms with E-state index in [0.717, 1.165) is 43.6 Å². The number of nitrogens with one attached hydrogen (secondary N) is 2. The van der Waals surface area contributed by atoms with Crippen molar-refractivity contribution >= 4 is 24.0 Å². The molecule has 5 unspecified atom stereocenters. The van der Waals surface area contributed by atoms with Gasteiger partial charge in [-0.2, -0.15) is 0 Å². The van der Waals surface area contributed by atoms with Gasteiger partial charge in [0.2, 0.25) is 0 Å². The van der Waals surface area contributed by atoms with Crippen LogP contribution in [0.3, 0.4) is 0 Å². The largest absolute Gasteiger partial charge is 0.398 e. The monoisotopic (exact) mass is 456 g/mol. The molecule has 2 aliphatic heterocycles. The second-order valence-electron chi connectivity index (χ2n) is 9.14. The molecular weight excluding hydrogens is 416 g/mol. The summed E-state index contributed by atoms with van der Waals surface area (Å²) in [5.74, 6) is 0.182. The molecule has 182 valence electrons. The Hall–Kier alpha value is -2.29. The van der Waals surface area contributed by atoms with Gasteiger partial charge in [-0.25, -0.2) is 0 Å². The second-order valence-corrected chi connectivity index (χ2v) is 9.14. The van der Waals surface area contributed by atoms with Gasteiger partial charge in [0, 0.05) is 49.6 Å². The molecule has 1 saturated heterocycles. The van der Waals surface area contributed by atoms with Gasteiger partial charge in [-0.05, 0) is 44.4 Å². The molecule has 0 saturated carbocycles. The first kappa shape index (κ1) is 25.3. The first-order chi connectivity index (χ1) is 15.9. The molecule has 0 spiro atoms. The SMILES string of the molecule is CCC(C=NCCOC)c1ccc(N)c(C(=N)C2CC(N3CC(C)OC(C)C3)CN=CN2)c1. The van der Waals surface area contributed by atoms with E-state index in [2.05, 4.69) is 47.0 Å². The van der Waals surface area contributed by atoms with Crippen LogP contribution in [-0.2, 0) is 9.47 Å². The van der Waals surface area contributed by atoms with Crippen LogP contribution >= 0.6 is 0 Å². The molecule has 8 nitrogen and oxygen atoms in total. The summed E-state index contributed by atoms with van der Waals surface area (Å²) in [7, 11) is 1.68. The number of nitrogens with two attached hydrogens (primary N) is 1. The van der Waals surface area contributed by atoms with Crippen molar-refractivity contribution in [3.05, 3.63) is 29.3 Å². The fraction of sp³-hybridized carbons (Fsp3) is 0.640. The van der Waals surface area contributed by atoms with Crippen LogP contribution in [0.4, 0.5) is 5.69 Å². The average Bonchev–Trinajstić information content (AvgIpc) is 3.05. The highest BCUT2D eigenvalue weighted by atomic mass is 16.5. The van der Waals surface area contributed by atoms with Crippen LogP contribution in [0.15, 0.2) is 28.2 Å². The first-order valence-electron chi connectivity index (χ1n) is 12.0. The topological polar surface area (TPSA) is 108 Å².